The van der Waals surface area contributed by atoms with Gasteiger partial charge in [0.25, 0.3) is 0 Å². The van der Waals surface area contributed by atoms with E-state index in [2.05, 4.69) is 108 Å². The van der Waals surface area contributed by atoms with Crippen LogP contribution in [0.5, 0.6) is 0 Å². The highest BCUT2D eigenvalue weighted by atomic mass is 15.1. The van der Waals surface area contributed by atoms with Crippen LogP contribution >= 0.6 is 0 Å². The van der Waals surface area contributed by atoms with Gasteiger partial charge in [-0.15, -0.1) is 0 Å². The summed E-state index contributed by atoms with van der Waals surface area (Å²) >= 11 is 0. The first-order valence-corrected chi connectivity index (χ1v) is 13.5. The summed E-state index contributed by atoms with van der Waals surface area (Å²) in [4.78, 5) is 12.1. The summed E-state index contributed by atoms with van der Waals surface area (Å²) in [6, 6.07) is 44.9. The van der Waals surface area contributed by atoms with E-state index in [-0.39, 0.29) is 0 Å². The molecular formula is C36H27N3. The first-order chi connectivity index (χ1) is 19.3. The third kappa shape index (κ3) is 3.66. The molecule has 0 bridgehead atoms. The van der Waals surface area contributed by atoms with Crippen LogP contribution in [0.25, 0.3) is 55.1 Å². The molecule has 1 aliphatic rings. The van der Waals surface area contributed by atoms with Crippen molar-refractivity contribution in [2.24, 2.45) is 0 Å². The molecule has 8 rings (SSSR count). The van der Waals surface area contributed by atoms with Crippen LogP contribution in [0.1, 0.15) is 13.8 Å². The Morgan fingerprint density at radius 3 is 1.77 bits per heavy atom. The van der Waals surface area contributed by atoms with Crippen molar-refractivity contribution in [3.63, 3.8) is 0 Å². The minimum absolute atomic E-state index is 0.885. The molecule has 3 heteroatoms. The number of hydrogen-bond acceptors (Lipinski definition) is 3. The minimum Gasteiger partial charge on any atom is -0.310 e. The van der Waals surface area contributed by atoms with E-state index in [0.717, 1.165) is 39.1 Å². The zero-order valence-electron chi connectivity index (χ0n) is 22.0. The predicted molar refractivity (Wildman–Crippen MR) is 165 cm³/mol. The van der Waals surface area contributed by atoms with Crippen molar-refractivity contribution in [3.05, 3.63) is 127 Å². The average molecular weight is 502 g/mol. The molecule has 0 N–H and O–H groups in total. The Balaban J connectivity index is 0.00000124. The predicted octanol–water partition coefficient (Wildman–Crippen LogP) is 10.1. The Bertz CT molecular complexity index is 1960. The lowest BCUT2D eigenvalue weighted by molar-refractivity contribution is 1.29. The molecule has 0 atom stereocenters. The van der Waals surface area contributed by atoms with Crippen LogP contribution in [0.3, 0.4) is 0 Å². The summed E-state index contributed by atoms with van der Waals surface area (Å²) in [5.41, 5.74) is 12.1. The molecule has 0 fully saturated rings. The molecule has 0 spiro atoms. The molecular weight excluding hydrogens is 474 g/mol. The molecule has 1 aliphatic carbocycles. The van der Waals surface area contributed by atoms with Crippen LogP contribution in [-0.2, 0) is 0 Å². The van der Waals surface area contributed by atoms with Crippen LogP contribution in [0, 0.1) is 0 Å². The lowest BCUT2D eigenvalue weighted by atomic mass is 10.00. The molecule has 3 nitrogen and oxygen atoms in total. The molecule has 7 aromatic rings. The molecule has 6 aromatic carbocycles. The van der Waals surface area contributed by atoms with Gasteiger partial charge in [-0.3, -0.25) is 0 Å². The highest BCUT2D eigenvalue weighted by Gasteiger charge is 2.24. The van der Waals surface area contributed by atoms with Gasteiger partial charge in [-0.25, -0.2) is 9.97 Å². The molecule has 1 aromatic heterocycles. The van der Waals surface area contributed by atoms with Gasteiger partial charge < -0.3 is 4.90 Å². The van der Waals surface area contributed by atoms with E-state index in [1.807, 2.05) is 38.1 Å². The fourth-order valence-electron chi connectivity index (χ4n) is 5.74. The lowest BCUT2D eigenvalue weighted by Gasteiger charge is -2.27. The molecule has 1 heterocycles. The van der Waals surface area contributed by atoms with Crippen LogP contribution in [0.15, 0.2) is 127 Å². The van der Waals surface area contributed by atoms with Gasteiger partial charge in [0.05, 0.1) is 27.8 Å². The lowest BCUT2D eigenvalue weighted by Crippen LogP contribution is -2.10. The number of hydrogen-bond donors (Lipinski definition) is 0. The van der Waals surface area contributed by atoms with Crippen LogP contribution in [0.4, 0.5) is 17.1 Å². The summed E-state index contributed by atoms with van der Waals surface area (Å²) < 4.78 is 0. The fourth-order valence-corrected chi connectivity index (χ4v) is 5.74. The van der Waals surface area contributed by atoms with Gasteiger partial charge in [-0.1, -0.05) is 92.7 Å². The Morgan fingerprint density at radius 2 is 1.03 bits per heavy atom. The second kappa shape index (κ2) is 9.38. The van der Waals surface area contributed by atoms with E-state index in [1.54, 1.807) is 0 Å². The summed E-state index contributed by atoms with van der Waals surface area (Å²) in [6.07, 6.45) is 0. The van der Waals surface area contributed by atoms with E-state index in [0.29, 0.717) is 0 Å². The molecule has 0 unspecified atom stereocenters. The summed E-state index contributed by atoms with van der Waals surface area (Å²) in [6.45, 7) is 4.00. The normalized spacial score (nSPS) is 11.3. The largest absolute Gasteiger partial charge is 0.310 e. The van der Waals surface area contributed by atoms with Crippen molar-refractivity contribution in [2.45, 2.75) is 13.8 Å². The average Bonchev–Trinajstić information content (AvgIpc) is 3.34. The standard InChI is InChI=1S/C34H21N3.C2H6/c1-2-9-22(10-3-1)37(23-17-19-31-32(21-23)36-30-16-7-6-15-29(30)35-31)33-20-18-27-25-12-5-4-11-24(25)26-13-8-14-28(33)34(26)27;1-2/h1-21H;1-2H3. The van der Waals surface area contributed by atoms with Crippen molar-refractivity contribution < 1.29 is 0 Å². The second-order valence-electron chi connectivity index (χ2n) is 9.46. The highest BCUT2D eigenvalue weighted by molar-refractivity contribution is 6.19. The summed E-state index contributed by atoms with van der Waals surface area (Å²) in [5, 5.41) is 2.55. The second-order valence-corrected chi connectivity index (χ2v) is 9.46. The third-order valence-electron chi connectivity index (χ3n) is 7.36. The monoisotopic (exact) mass is 501 g/mol. The van der Waals surface area contributed by atoms with Crippen LogP contribution < -0.4 is 4.90 Å². The van der Waals surface area contributed by atoms with E-state index in [4.69, 9.17) is 9.97 Å². The number of nitrogens with zero attached hydrogens (tertiary/aromatic N) is 3. The quantitative estimate of drug-likeness (QED) is 0.226. The molecule has 0 saturated heterocycles. The van der Waals surface area contributed by atoms with Gasteiger partial charge in [0, 0.05) is 16.8 Å². The zero-order chi connectivity index (χ0) is 26.3. The molecule has 186 valence electrons. The molecule has 39 heavy (non-hydrogen) atoms. The van der Waals surface area contributed by atoms with Crippen molar-refractivity contribution in [1.29, 1.82) is 0 Å². The molecule has 0 amide bonds. The smallest absolute Gasteiger partial charge is 0.0915 e. The zero-order valence-corrected chi connectivity index (χ0v) is 22.0. The first-order valence-electron chi connectivity index (χ1n) is 13.5. The summed E-state index contributed by atoms with van der Waals surface area (Å²) in [5.74, 6) is 0. The Morgan fingerprint density at radius 1 is 0.436 bits per heavy atom. The van der Waals surface area contributed by atoms with Crippen molar-refractivity contribution >= 4 is 49.9 Å². The molecule has 0 aliphatic heterocycles. The summed E-state index contributed by atoms with van der Waals surface area (Å²) in [7, 11) is 0. The molecule has 0 radical (unpaired) electrons. The van der Waals surface area contributed by atoms with Gasteiger partial charge in [-0.05, 0) is 76.2 Å². The maximum atomic E-state index is 4.95. The Labute approximate surface area is 228 Å². The Hall–Kier alpha value is -5.02. The van der Waals surface area contributed by atoms with Gasteiger partial charge in [0.2, 0.25) is 0 Å². The fraction of sp³-hybridized carbons (Fsp3) is 0.0556. The number of benzene rings is 6. The number of anilines is 3. The topological polar surface area (TPSA) is 29.0 Å². The molecule has 0 saturated carbocycles. The minimum atomic E-state index is 0.885. The van der Waals surface area contributed by atoms with E-state index < -0.39 is 0 Å². The maximum absolute atomic E-state index is 4.95. The Kier molecular flexibility index (Phi) is 5.56. The first kappa shape index (κ1) is 23.1. The number of para-hydroxylation sites is 3. The van der Waals surface area contributed by atoms with Gasteiger partial charge in [-0.2, -0.15) is 0 Å². The number of rotatable bonds is 3. The van der Waals surface area contributed by atoms with E-state index >= 15 is 0 Å². The maximum Gasteiger partial charge on any atom is 0.0915 e. The van der Waals surface area contributed by atoms with Crippen LogP contribution in [0.2, 0.25) is 0 Å². The number of aromatic nitrogens is 2. The van der Waals surface area contributed by atoms with Gasteiger partial charge in [0.1, 0.15) is 0 Å². The van der Waals surface area contributed by atoms with Gasteiger partial charge >= 0.3 is 0 Å². The van der Waals surface area contributed by atoms with Gasteiger partial charge in [0.15, 0.2) is 0 Å². The van der Waals surface area contributed by atoms with E-state index in [9.17, 15) is 0 Å². The highest BCUT2D eigenvalue weighted by Crippen LogP contribution is 2.50. The van der Waals surface area contributed by atoms with Crippen molar-refractivity contribution in [1.82, 2.24) is 9.97 Å². The van der Waals surface area contributed by atoms with E-state index in [1.165, 1.54) is 33.0 Å². The van der Waals surface area contributed by atoms with Crippen molar-refractivity contribution in [2.75, 3.05) is 4.90 Å². The SMILES string of the molecule is CC.c1ccc(N(c2ccc3nc4ccccc4nc3c2)c2ccc3c4c(cccc24)-c2ccccc2-3)cc1. The third-order valence-corrected chi connectivity index (χ3v) is 7.36. The van der Waals surface area contributed by atoms with Crippen LogP contribution in [-0.4, -0.2) is 9.97 Å². The van der Waals surface area contributed by atoms with Crippen molar-refractivity contribution in [3.8, 4) is 22.3 Å². The number of fused-ring (bicyclic) bond motifs is 5.